The smallest absolute Gasteiger partial charge is 0.264 e. The SMILES string of the molecule is Cc1cccc(C)c1OCC(=O)Nc1nc2ccc(S(C)(=O)=O)cc2s1. The number of carbonyl (C=O) groups is 1. The van der Waals surface area contributed by atoms with Crippen molar-refractivity contribution >= 4 is 42.4 Å². The van der Waals surface area contributed by atoms with Crippen molar-refractivity contribution in [2.75, 3.05) is 18.2 Å². The summed E-state index contributed by atoms with van der Waals surface area (Å²) in [6.07, 6.45) is 1.16. The van der Waals surface area contributed by atoms with Crippen LogP contribution in [0.1, 0.15) is 11.1 Å². The van der Waals surface area contributed by atoms with Crippen LogP contribution < -0.4 is 10.1 Å². The van der Waals surface area contributed by atoms with Crippen LogP contribution in [-0.4, -0.2) is 32.2 Å². The Morgan fingerprint density at radius 1 is 1.19 bits per heavy atom. The van der Waals surface area contributed by atoms with E-state index < -0.39 is 9.84 Å². The average molecular weight is 390 g/mol. The van der Waals surface area contributed by atoms with Crippen molar-refractivity contribution in [3.05, 3.63) is 47.5 Å². The van der Waals surface area contributed by atoms with Crippen LogP contribution in [-0.2, 0) is 14.6 Å². The number of nitrogens with one attached hydrogen (secondary N) is 1. The lowest BCUT2D eigenvalue weighted by molar-refractivity contribution is -0.118. The summed E-state index contributed by atoms with van der Waals surface area (Å²) in [6, 6.07) is 10.5. The molecule has 0 radical (unpaired) electrons. The van der Waals surface area contributed by atoms with Gasteiger partial charge in [0.1, 0.15) is 5.75 Å². The molecule has 0 saturated carbocycles. The Morgan fingerprint density at radius 3 is 2.54 bits per heavy atom. The molecule has 1 aromatic heterocycles. The number of aryl methyl sites for hydroxylation is 2. The van der Waals surface area contributed by atoms with Gasteiger partial charge in [0, 0.05) is 6.26 Å². The normalized spacial score (nSPS) is 11.5. The molecule has 0 atom stereocenters. The highest BCUT2D eigenvalue weighted by atomic mass is 32.2. The minimum atomic E-state index is -3.28. The minimum absolute atomic E-state index is 0.129. The van der Waals surface area contributed by atoms with Crippen LogP contribution in [0.25, 0.3) is 10.2 Å². The van der Waals surface area contributed by atoms with Gasteiger partial charge in [-0.3, -0.25) is 10.1 Å². The molecule has 26 heavy (non-hydrogen) atoms. The molecule has 1 N–H and O–H groups in total. The number of aromatic nitrogens is 1. The number of rotatable bonds is 5. The number of carbonyl (C=O) groups excluding carboxylic acids is 1. The van der Waals surface area contributed by atoms with E-state index in [4.69, 9.17) is 4.74 Å². The number of sulfone groups is 1. The molecular weight excluding hydrogens is 372 g/mol. The lowest BCUT2D eigenvalue weighted by Gasteiger charge is -2.11. The number of fused-ring (bicyclic) bond motifs is 1. The zero-order valence-electron chi connectivity index (χ0n) is 14.6. The van der Waals surface area contributed by atoms with Gasteiger partial charge < -0.3 is 4.74 Å². The van der Waals surface area contributed by atoms with Gasteiger partial charge in [-0.15, -0.1) is 0 Å². The molecule has 2 aromatic carbocycles. The molecule has 0 fully saturated rings. The van der Waals surface area contributed by atoms with Crippen molar-refractivity contribution in [1.29, 1.82) is 0 Å². The van der Waals surface area contributed by atoms with Gasteiger partial charge in [-0.1, -0.05) is 29.5 Å². The minimum Gasteiger partial charge on any atom is -0.483 e. The summed E-state index contributed by atoms with van der Waals surface area (Å²) < 4.78 is 29.6. The first kappa shape index (κ1) is 18.3. The predicted octanol–water partition coefficient (Wildman–Crippen LogP) is 3.33. The Morgan fingerprint density at radius 2 is 1.88 bits per heavy atom. The Kier molecular flexibility index (Phi) is 4.97. The molecule has 3 rings (SSSR count). The number of ether oxygens (including phenoxy) is 1. The van der Waals surface area contributed by atoms with Crippen LogP contribution in [0.5, 0.6) is 5.75 Å². The second-order valence-electron chi connectivity index (χ2n) is 5.98. The molecule has 1 amide bonds. The standard InChI is InChI=1S/C18H18N2O4S2/c1-11-5-4-6-12(2)17(11)24-10-16(21)20-18-19-14-8-7-13(26(3,22)23)9-15(14)25-18/h4-9H,10H2,1-3H3,(H,19,20,21). The van der Waals surface area contributed by atoms with E-state index in [2.05, 4.69) is 10.3 Å². The van der Waals surface area contributed by atoms with Crippen molar-refractivity contribution in [1.82, 2.24) is 4.98 Å². The maximum absolute atomic E-state index is 12.1. The maximum atomic E-state index is 12.1. The molecule has 136 valence electrons. The van der Waals surface area contributed by atoms with E-state index in [1.165, 1.54) is 17.4 Å². The second kappa shape index (κ2) is 7.05. The molecular formula is C18H18N2O4S2. The van der Waals surface area contributed by atoms with Crippen molar-refractivity contribution in [3.8, 4) is 5.75 Å². The zero-order chi connectivity index (χ0) is 18.9. The Hall–Kier alpha value is -2.45. The van der Waals surface area contributed by atoms with Crippen LogP contribution >= 0.6 is 11.3 Å². The third-order valence-electron chi connectivity index (χ3n) is 3.79. The molecule has 0 bridgehead atoms. The molecule has 0 saturated heterocycles. The van der Waals surface area contributed by atoms with Gasteiger partial charge in [0.2, 0.25) is 0 Å². The highest BCUT2D eigenvalue weighted by molar-refractivity contribution is 7.90. The summed E-state index contributed by atoms with van der Waals surface area (Å²) in [7, 11) is -3.28. The summed E-state index contributed by atoms with van der Waals surface area (Å²) in [5, 5.41) is 3.10. The Bertz CT molecular complexity index is 1070. The molecule has 0 spiro atoms. The third kappa shape index (κ3) is 4.03. The highest BCUT2D eigenvalue weighted by Crippen LogP contribution is 2.28. The van der Waals surface area contributed by atoms with E-state index in [0.717, 1.165) is 17.4 Å². The summed E-state index contributed by atoms with van der Waals surface area (Å²) in [5.41, 5.74) is 2.56. The largest absolute Gasteiger partial charge is 0.483 e. The number of thiazole rings is 1. The lowest BCUT2D eigenvalue weighted by Crippen LogP contribution is -2.20. The maximum Gasteiger partial charge on any atom is 0.264 e. The monoisotopic (exact) mass is 390 g/mol. The Labute approximate surface area is 155 Å². The number of benzene rings is 2. The van der Waals surface area contributed by atoms with Crippen molar-refractivity contribution in [2.45, 2.75) is 18.7 Å². The van der Waals surface area contributed by atoms with Crippen LogP contribution in [0.4, 0.5) is 5.13 Å². The molecule has 0 aliphatic carbocycles. The first-order chi connectivity index (χ1) is 12.2. The number of hydrogen-bond donors (Lipinski definition) is 1. The van der Waals surface area contributed by atoms with E-state index in [0.29, 0.717) is 21.1 Å². The van der Waals surface area contributed by atoms with Gasteiger partial charge in [0.05, 0.1) is 15.1 Å². The van der Waals surface area contributed by atoms with Gasteiger partial charge in [-0.05, 0) is 43.2 Å². The number of para-hydroxylation sites is 1. The number of anilines is 1. The zero-order valence-corrected chi connectivity index (χ0v) is 16.2. The van der Waals surface area contributed by atoms with Gasteiger partial charge in [0.15, 0.2) is 21.6 Å². The van der Waals surface area contributed by atoms with E-state index in [9.17, 15) is 13.2 Å². The quantitative estimate of drug-likeness (QED) is 0.722. The second-order valence-corrected chi connectivity index (χ2v) is 9.02. The summed E-state index contributed by atoms with van der Waals surface area (Å²) >= 11 is 1.22. The molecule has 3 aromatic rings. The predicted molar refractivity (Wildman–Crippen MR) is 103 cm³/mol. The molecule has 6 nitrogen and oxygen atoms in total. The number of hydrogen-bond acceptors (Lipinski definition) is 6. The van der Waals surface area contributed by atoms with E-state index in [-0.39, 0.29) is 17.4 Å². The lowest BCUT2D eigenvalue weighted by atomic mass is 10.1. The van der Waals surface area contributed by atoms with Crippen LogP contribution in [0.3, 0.4) is 0 Å². The third-order valence-corrected chi connectivity index (χ3v) is 5.83. The van der Waals surface area contributed by atoms with Gasteiger partial charge in [0.25, 0.3) is 5.91 Å². The topological polar surface area (TPSA) is 85.4 Å². The van der Waals surface area contributed by atoms with Crippen LogP contribution in [0.2, 0.25) is 0 Å². The first-order valence-electron chi connectivity index (χ1n) is 7.83. The molecule has 1 heterocycles. The van der Waals surface area contributed by atoms with E-state index in [1.807, 2.05) is 32.0 Å². The first-order valence-corrected chi connectivity index (χ1v) is 10.5. The van der Waals surface area contributed by atoms with Crippen molar-refractivity contribution in [2.24, 2.45) is 0 Å². The highest BCUT2D eigenvalue weighted by Gasteiger charge is 2.13. The fourth-order valence-corrected chi connectivity index (χ4v) is 4.15. The fraction of sp³-hybridized carbons (Fsp3) is 0.222. The number of amides is 1. The number of nitrogens with zero attached hydrogens (tertiary/aromatic N) is 1. The van der Waals surface area contributed by atoms with Crippen molar-refractivity contribution in [3.63, 3.8) is 0 Å². The van der Waals surface area contributed by atoms with Crippen LogP contribution in [0.15, 0.2) is 41.3 Å². The Balaban J connectivity index is 1.71. The van der Waals surface area contributed by atoms with Gasteiger partial charge in [-0.2, -0.15) is 0 Å². The molecule has 0 unspecified atom stereocenters. The van der Waals surface area contributed by atoms with E-state index >= 15 is 0 Å². The summed E-state index contributed by atoms with van der Waals surface area (Å²) in [5.74, 6) is 0.375. The summed E-state index contributed by atoms with van der Waals surface area (Å²) in [6.45, 7) is 3.72. The fourth-order valence-electron chi connectivity index (χ4n) is 2.51. The average Bonchev–Trinajstić information content (AvgIpc) is 2.94. The van der Waals surface area contributed by atoms with E-state index in [1.54, 1.807) is 12.1 Å². The molecule has 0 aliphatic rings. The van der Waals surface area contributed by atoms with Crippen molar-refractivity contribution < 1.29 is 17.9 Å². The summed E-state index contributed by atoms with van der Waals surface area (Å²) in [4.78, 5) is 16.7. The van der Waals surface area contributed by atoms with Gasteiger partial charge in [-0.25, -0.2) is 13.4 Å². The molecule has 0 aliphatic heterocycles. The molecule has 8 heteroatoms. The van der Waals surface area contributed by atoms with Crippen LogP contribution in [0, 0.1) is 13.8 Å². The van der Waals surface area contributed by atoms with Gasteiger partial charge >= 0.3 is 0 Å².